The standard InChI is InChI=1S/C19H22FNO3.BrH/c1-21(9-7-13-3-2-4-15(20)11-13)12-14-8-10-24-19-16(14)5-6-17(22)18(19)23;/h2-6,11,14,22-23H,7-10,12H2,1H3;1H. The van der Waals surface area contributed by atoms with Crippen molar-refractivity contribution in [3.8, 4) is 17.2 Å². The van der Waals surface area contributed by atoms with Crippen LogP contribution in [0, 0.1) is 5.82 Å². The molecule has 1 heterocycles. The number of halogens is 2. The van der Waals surface area contributed by atoms with E-state index < -0.39 is 0 Å². The molecule has 0 fully saturated rings. The van der Waals surface area contributed by atoms with Crippen molar-refractivity contribution >= 4 is 17.0 Å². The van der Waals surface area contributed by atoms with E-state index in [1.165, 1.54) is 12.1 Å². The van der Waals surface area contributed by atoms with Gasteiger partial charge in [0.15, 0.2) is 11.5 Å². The number of aromatic hydroxyl groups is 2. The van der Waals surface area contributed by atoms with Gasteiger partial charge in [-0.05, 0) is 43.7 Å². The third-order valence-corrected chi connectivity index (χ3v) is 4.50. The van der Waals surface area contributed by atoms with E-state index in [1.54, 1.807) is 12.1 Å². The van der Waals surface area contributed by atoms with Crippen LogP contribution in [-0.2, 0) is 6.42 Å². The Morgan fingerprint density at radius 2 is 2.04 bits per heavy atom. The van der Waals surface area contributed by atoms with Gasteiger partial charge in [-0.15, -0.1) is 17.0 Å². The smallest absolute Gasteiger partial charge is 0.200 e. The Morgan fingerprint density at radius 3 is 2.80 bits per heavy atom. The maximum absolute atomic E-state index is 13.2. The lowest BCUT2D eigenvalue weighted by molar-refractivity contribution is 0.222. The summed E-state index contributed by atoms with van der Waals surface area (Å²) in [5, 5.41) is 19.6. The molecule has 0 saturated heterocycles. The monoisotopic (exact) mass is 411 g/mol. The maximum atomic E-state index is 13.2. The van der Waals surface area contributed by atoms with Crippen LogP contribution in [-0.4, -0.2) is 41.9 Å². The molecule has 1 aliphatic rings. The molecule has 0 spiro atoms. The Hall–Kier alpha value is -1.79. The fourth-order valence-electron chi connectivity index (χ4n) is 3.18. The van der Waals surface area contributed by atoms with Crippen LogP contribution in [0.2, 0.25) is 0 Å². The van der Waals surface area contributed by atoms with Gasteiger partial charge >= 0.3 is 0 Å². The van der Waals surface area contributed by atoms with Gasteiger partial charge in [-0.2, -0.15) is 0 Å². The van der Waals surface area contributed by atoms with E-state index in [0.29, 0.717) is 12.4 Å². The molecule has 1 aliphatic heterocycles. The van der Waals surface area contributed by atoms with Crippen molar-refractivity contribution in [2.24, 2.45) is 0 Å². The molecular formula is C19H23BrFNO3. The first-order valence-electron chi connectivity index (χ1n) is 8.15. The van der Waals surface area contributed by atoms with Crippen molar-refractivity contribution in [3.05, 3.63) is 53.3 Å². The molecule has 6 heteroatoms. The van der Waals surface area contributed by atoms with Crippen LogP contribution in [0.4, 0.5) is 4.39 Å². The number of phenols is 2. The SMILES string of the molecule is Br.CN(CCc1cccc(F)c1)CC1CCOc2c1ccc(O)c2O. The summed E-state index contributed by atoms with van der Waals surface area (Å²) >= 11 is 0. The molecule has 25 heavy (non-hydrogen) atoms. The summed E-state index contributed by atoms with van der Waals surface area (Å²) in [6.45, 7) is 2.16. The highest BCUT2D eigenvalue weighted by Crippen LogP contribution is 2.44. The summed E-state index contributed by atoms with van der Waals surface area (Å²) in [6, 6.07) is 10.00. The highest BCUT2D eigenvalue weighted by atomic mass is 79.9. The van der Waals surface area contributed by atoms with Crippen LogP contribution in [0.5, 0.6) is 17.2 Å². The van der Waals surface area contributed by atoms with Crippen molar-refractivity contribution in [1.29, 1.82) is 0 Å². The van der Waals surface area contributed by atoms with E-state index in [1.807, 2.05) is 19.2 Å². The quantitative estimate of drug-likeness (QED) is 0.733. The lowest BCUT2D eigenvalue weighted by atomic mass is 9.92. The van der Waals surface area contributed by atoms with Gasteiger partial charge in [0.25, 0.3) is 0 Å². The number of phenolic OH excluding ortho intramolecular Hbond substituents is 2. The molecule has 0 bridgehead atoms. The number of hydrogen-bond acceptors (Lipinski definition) is 4. The molecule has 136 valence electrons. The van der Waals surface area contributed by atoms with E-state index in [9.17, 15) is 14.6 Å². The Balaban J connectivity index is 0.00000225. The predicted molar refractivity (Wildman–Crippen MR) is 101 cm³/mol. The Morgan fingerprint density at radius 1 is 1.24 bits per heavy atom. The van der Waals surface area contributed by atoms with Gasteiger partial charge in [0, 0.05) is 24.6 Å². The normalized spacial score (nSPS) is 16.0. The van der Waals surface area contributed by atoms with Gasteiger partial charge in [0.2, 0.25) is 5.75 Å². The first kappa shape index (κ1) is 19.5. The number of fused-ring (bicyclic) bond motifs is 1. The van der Waals surface area contributed by atoms with Gasteiger partial charge in [-0.1, -0.05) is 18.2 Å². The fourth-order valence-corrected chi connectivity index (χ4v) is 3.18. The maximum Gasteiger partial charge on any atom is 0.200 e. The zero-order chi connectivity index (χ0) is 17.1. The number of likely N-dealkylation sites (N-methyl/N-ethyl adjacent to an activating group) is 1. The van der Waals surface area contributed by atoms with Crippen molar-refractivity contribution in [3.63, 3.8) is 0 Å². The van der Waals surface area contributed by atoms with E-state index >= 15 is 0 Å². The van der Waals surface area contributed by atoms with Gasteiger partial charge in [-0.25, -0.2) is 4.39 Å². The number of hydrogen-bond donors (Lipinski definition) is 2. The van der Waals surface area contributed by atoms with E-state index in [0.717, 1.165) is 37.1 Å². The summed E-state index contributed by atoms with van der Waals surface area (Å²) in [5.41, 5.74) is 1.91. The number of benzene rings is 2. The van der Waals surface area contributed by atoms with Crippen molar-refractivity contribution in [2.45, 2.75) is 18.8 Å². The summed E-state index contributed by atoms with van der Waals surface area (Å²) in [7, 11) is 2.04. The number of nitrogens with zero attached hydrogens (tertiary/aromatic N) is 1. The molecule has 0 radical (unpaired) electrons. The summed E-state index contributed by atoms with van der Waals surface area (Å²) < 4.78 is 18.7. The molecular weight excluding hydrogens is 389 g/mol. The lowest BCUT2D eigenvalue weighted by Gasteiger charge is -2.30. The van der Waals surface area contributed by atoms with Crippen molar-refractivity contribution in [2.75, 3.05) is 26.7 Å². The first-order chi connectivity index (χ1) is 11.5. The minimum Gasteiger partial charge on any atom is -0.504 e. The molecule has 4 nitrogen and oxygen atoms in total. The summed E-state index contributed by atoms with van der Waals surface area (Å²) in [5.74, 6) is 0.0832. The molecule has 0 aliphatic carbocycles. The van der Waals surface area contributed by atoms with Crippen LogP contribution in [0.15, 0.2) is 36.4 Å². The van der Waals surface area contributed by atoms with Crippen LogP contribution < -0.4 is 4.74 Å². The van der Waals surface area contributed by atoms with E-state index in [4.69, 9.17) is 4.74 Å². The van der Waals surface area contributed by atoms with E-state index in [-0.39, 0.29) is 40.2 Å². The zero-order valence-corrected chi connectivity index (χ0v) is 15.8. The average molecular weight is 412 g/mol. The van der Waals surface area contributed by atoms with Gasteiger partial charge < -0.3 is 19.8 Å². The highest BCUT2D eigenvalue weighted by Gasteiger charge is 2.26. The predicted octanol–water partition coefficient (Wildman–Crippen LogP) is 3.86. The van der Waals surface area contributed by atoms with Crippen molar-refractivity contribution < 1.29 is 19.3 Å². The first-order valence-corrected chi connectivity index (χ1v) is 8.15. The second-order valence-electron chi connectivity index (χ2n) is 6.33. The molecule has 1 unspecified atom stereocenters. The largest absolute Gasteiger partial charge is 0.504 e. The highest BCUT2D eigenvalue weighted by molar-refractivity contribution is 8.93. The summed E-state index contributed by atoms with van der Waals surface area (Å²) in [6.07, 6.45) is 1.65. The van der Waals surface area contributed by atoms with Gasteiger partial charge in [0.1, 0.15) is 5.82 Å². The van der Waals surface area contributed by atoms with Crippen LogP contribution in [0.3, 0.4) is 0 Å². The second-order valence-corrected chi connectivity index (χ2v) is 6.33. The minimum atomic E-state index is -0.205. The fraction of sp³-hybridized carbons (Fsp3) is 0.368. The molecule has 0 aromatic heterocycles. The van der Waals surface area contributed by atoms with Crippen LogP contribution in [0.25, 0.3) is 0 Å². The van der Waals surface area contributed by atoms with Crippen LogP contribution in [0.1, 0.15) is 23.5 Å². The topological polar surface area (TPSA) is 52.9 Å². The van der Waals surface area contributed by atoms with Crippen LogP contribution >= 0.6 is 17.0 Å². The molecule has 0 amide bonds. The lowest BCUT2D eigenvalue weighted by Crippen LogP contribution is -2.29. The summed E-state index contributed by atoms with van der Waals surface area (Å²) in [4.78, 5) is 2.20. The Kier molecular flexibility index (Phi) is 6.67. The molecule has 3 rings (SSSR count). The van der Waals surface area contributed by atoms with Crippen molar-refractivity contribution in [1.82, 2.24) is 4.90 Å². The molecule has 1 atom stereocenters. The zero-order valence-electron chi connectivity index (χ0n) is 14.1. The third-order valence-electron chi connectivity index (χ3n) is 4.50. The molecule has 2 aromatic rings. The number of ether oxygens (including phenoxy) is 1. The molecule has 0 saturated carbocycles. The minimum absolute atomic E-state index is 0. The van der Waals surface area contributed by atoms with Gasteiger partial charge in [-0.3, -0.25) is 0 Å². The Bertz CT molecular complexity index is 726. The third kappa shape index (κ3) is 4.64. The average Bonchev–Trinajstić information content (AvgIpc) is 2.57. The Labute approximate surface area is 157 Å². The van der Waals surface area contributed by atoms with E-state index in [2.05, 4.69) is 4.90 Å². The second kappa shape index (κ2) is 8.54. The molecule has 2 N–H and O–H groups in total. The number of rotatable bonds is 5. The van der Waals surface area contributed by atoms with Gasteiger partial charge in [0.05, 0.1) is 6.61 Å². The molecule has 2 aromatic carbocycles.